The molecule has 0 saturated carbocycles. The van der Waals surface area contributed by atoms with Gasteiger partial charge in [-0.25, -0.2) is 0 Å². The molecule has 0 spiro atoms. The second-order valence-corrected chi connectivity index (χ2v) is 3.69. The molecule has 6 nitrogen and oxygen atoms in total. The molecular weight excluding hydrogens is 170 g/mol. The van der Waals surface area contributed by atoms with Crippen LogP contribution in [0.3, 0.4) is 0 Å². The van der Waals surface area contributed by atoms with E-state index >= 15 is 0 Å². The van der Waals surface area contributed by atoms with E-state index < -0.39 is 16.2 Å². The van der Waals surface area contributed by atoms with Crippen molar-refractivity contribution >= 4 is 10.1 Å². The topological polar surface area (TPSA) is 92.1 Å². The average Bonchev–Trinajstić information content (AvgIpc) is 1.83. The lowest BCUT2D eigenvalue weighted by Gasteiger charge is -2.02. The largest absolute Gasteiger partial charge is 0.270 e. The molecule has 0 heterocycles. The highest BCUT2D eigenvalue weighted by Gasteiger charge is 2.04. The van der Waals surface area contributed by atoms with Crippen molar-refractivity contribution in [3.8, 4) is 0 Å². The van der Waals surface area contributed by atoms with E-state index in [1.807, 2.05) is 0 Å². The van der Waals surface area contributed by atoms with Crippen LogP contribution in [0.25, 0.3) is 10.4 Å². The van der Waals surface area contributed by atoms with E-state index in [1.165, 1.54) is 0 Å². The summed E-state index contributed by atoms with van der Waals surface area (Å²) in [5.41, 5.74) is 7.92. The second kappa shape index (κ2) is 4.17. The summed E-state index contributed by atoms with van der Waals surface area (Å²) in [6.07, 6.45) is 0.940. The third-order valence-corrected chi connectivity index (χ3v) is 1.34. The minimum Gasteiger partial charge on any atom is -0.270 e. The normalized spacial score (nSPS) is 13.6. The van der Waals surface area contributed by atoms with E-state index in [9.17, 15) is 8.42 Å². The van der Waals surface area contributed by atoms with Crippen LogP contribution in [0.5, 0.6) is 0 Å². The van der Waals surface area contributed by atoms with E-state index in [4.69, 9.17) is 5.53 Å². The van der Waals surface area contributed by atoms with Gasteiger partial charge in [0, 0.05) is 4.91 Å². The fourth-order valence-corrected chi connectivity index (χ4v) is 0.788. The molecule has 7 heteroatoms. The van der Waals surface area contributed by atoms with Crippen LogP contribution in [0, 0.1) is 0 Å². The van der Waals surface area contributed by atoms with E-state index in [-0.39, 0.29) is 6.61 Å². The molecule has 11 heavy (non-hydrogen) atoms. The molecule has 0 aliphatic heterocycles. The lowest BCUT2D eigenvalue weighted by atomic mass is 10.4. The van der Waals surface area contributed by atoms with Gasteiger partial charge in [0.15, 0.2) is 0 Å². The van der Waals surface area contributed by atoms with Crippen molar-refractivity contribution in [1.82, 2.24) is 0 Å². The lowest BCUT2D eigenvalue weighted by Crippen LogP contribution is -2.12. The van der Waals surface area contributed by atoms with Gasteiger partial charge in [-0.1, -0.05) is 12.0 Å². The lowest BCUT2D eigenvalue weighted by molar-refractivity contribution is 0.302. The van der Waals surface area contributed by atoms with Crippen LogP contribution in [0.15, 0.2) is 5.11 Å². The molecule has 1 unspecified atom stereocenters. The van der Waals surface area contributed by atoms with Crippen molar-refractivity contribution in [2.45, 2.75) is 13.0 Å². The maximum absolute atomic E-state index is 10.4. The van der Waals surface area contributed by atoms with Crippen LogP contribution >= 0.6 is 0 Å². The zero-order chi connectivity index (χ0) is 8.91. The minimum atomic E-state index is -3.42. The van der Waals surface area contributed by atoms with Crippen molar-refractivity contribution in [3.05, 3.63) is 10.4 Å². The first-order valence-corrected chi connectivity index (χ1v) is 4.66. The van der Waals surface area contributed by atoms with Crippen molar-refractivity contribution in [2.75, 3.05) is 12.9 Å². The molecule has 0 bridgehead atoms. The van der Waals surface area contributed by atoms with Gasteiger partial charge in [-0.05, 0) is 5.53 Å². The van der Waals surface area contributed by atoms with Gasteiger partial charge >= 0.3 is 0 Å². The summed E-state index contributed by atoms with van der Waals surface area (Å²) in [6, 6.07) is -0.463. The van der Waals surface area contributed by atoms with Gasteiger partial charge in [0.1, 0.15) is 0 Å². The van der Waals surface area contributed by atoms with Gasteiger partial charge in [0.25, 0.3) is 10.1 Å². The minimum absolute atomic E-state index is 0.108. The van der Waals surface area contributed by atoms with Crippen LogP contribution < -0.4 is 0 Å². The maximum atomic E-state index is 10.4. The SMILES string of the molecule is CC(COS(C)(=O)=O)N=[N+]=[N-]. The predicted molar refractivity (Wildman–Crippen MR) is 39.4 cm³/mol. The molecule has 0 N–H and O–H groups in total. The van der Waals surface area contributed by atoms with Crippen molar-refractivity contribution in [2.24, 2.45) is 5.11 Å². The Hall–Kier alpha value is -0.780. The monoisotopic (exact) mass is 179 g/mol. The second-order valence-electron chi connectivity index (χ2n) is 2.04. The molecule has 1 atom stereocenters. The van der Waals surface area contributed by atoms with Gasteiger partial charge in [-0.3, -0.25) is 4.18 Å². The van der Waals surface area contributed by atoms with E-state index in [1.54, 1.807) is 6.92 Å². The Balaban J connectivity index is 3.81. The molecule has 0 aromatic heterocycles. The Labute approximate surface area is 64.9 Å². The fraction of sp³-hybridized carbons (Fsp3) is 1.00. The standard InChI is InChI=1S/C4H9N3O3S/c1-4(6-7-5)3-10-11(2,8)9/h4H,3H2,1-2H3. The Bertz CT molecular complexity index is 254. The van der Waals surface area contributed by atoms with Gasteiger partial charge in [-0.2, -0.15) is 8.42 Å². The zero-order valence-electron chi connectivity index (χ0n) is 6.26. The van der Waals surface area contributed by atoms with Gasteiger partial charge in [-0.15, -0.1) is 0 Å². The first-order valence-electron chi connectivity index (χ1n) is 2.84. The highest BCUT2D eigenvalue weighted by Crippen LogP contribution is 1.94. The zero-order valence-corrected chi connectivity index (χ0v) is 7.08. The van der Waals surface area contributed by atoms with Crippen LogP contribution in [0.4, 0.5) is 0 Å². The molecule has 0 rings (SSSR count). The van der Waals surface area contributed by atoms with Crippen LogP contribution in [-0.4, -0.2) is 27.3 Å². The van der Waals surface area contributed by atoms with Crippen LogP contribution in [0.1, 0.15) is 6.92 Å². The highest BCUT2D eigenvalue weighted by molar-refractivity contribution is 7.85. The Morgan fingerprint density at radius 2 is 2.27 bits per heavy atom. The summed E-state index contributed by atoms with van der Waals surface area (Å²) >= 11 is 0. The number of rotatable bonds is 4. The third kappa shape index (κ3) is 7.11. The molecule has 0 aromatic rings. The predicted octanol–water partition coefficient (Wildman–Crippen LogP) is 0.661. The fourth-order valence-electron chi connectivity index (χ4n) is 0.344. The number of azide groups is 1. The van der Waals surface area contributed by atoms with Gasteiger partial charge < -0.3 is 0 Å². The Kier molecular flexibility index (Phi) is 3.88. The van der Waals surface area contributed by atoms with Crippen molar-refractivity contribution in [1.29, 1.82) is 0 Å². The Morgan fingerprint density at radius 3 is 2.64 bits per heavy atom. The summed E-state index contributed by atoms with van der Waals surface area (Å²) in [6.45, 7) is 1.45. The summed E-state index contributed by atoms with van der Waals surface area (Å²) in [5, 5.41) is 3.22. The summed E-state index contributed by atoms with van der Waals surface area (Å²) < 4.78 is 25.1. The average molecular weight is 179 g/mol. The quantitative estimate of drug-likeness (QED) is 0.274. The van der Waals surface area contributed by atoms with E-state index in [2.05, 4.69) is 14.2 Å². The molecule has 0 amide bonds. The maximum Gasteiger partial charge on any atom is 0.264 e. The first-order chi connectivity index (χ1) is 4.95. The Morgan fingerprint density at radius 1 is 1.73 bits per heavy atom. The van der Waals surface area contributed by atoms with Crippen molar-refractivity contribution < 1.29 is 12.6 Å². The highest BCUT2D eigenvalue weighted by atomic mass is 32.2. The van der Waals surface area contributed by atoms with Gasteiger partial charge in [0.05, 0.1) is 18.9 Å². The molecule has 0 aromatic carbocycles. The van der Waals surface area contributed by atoms with Crippen molar-refractivity contribution in [3.63, 3.8) is 0 Å². The molecule has 64 valence electrons. The van der Waals surface area contributed by atoms with Gasteiger partial charge in [0.2, 0.25) is 0 Å². The summed E-state index contributed by atoms with van der Waals surface area (Å²) in [4.78, 5) is 2.49. The van der Waals surface area contributed by atoms with Crippen LogP contribution in [-0.2, 0) is 14.3 Å². The van der Waals surface area contributed by atoms with E-state index in [0.29, 0.717) is 0 Å². The number of hydrogen-bond donors (Lipinski definition) is 0. The molecule has 0 saturated heterocycles. The smallest absolute Gasteiger partial charge is 0.264 e. The first kappa shape index (κ1) is 10.2. The third-order valence-electron chi connectivity index (χ3n) is 0.772. The molecule has 0 aliphatic carbocycles. The van der Waals surface area contributed by atoms with Crippen LogP contribution in [0.2, 0.25) is 0 Å². The molecule has 0 radical (unpaired) electrons. The summed E-state index contributed by atoms with van der Waals surface area (Å²) in [5.74, 6) is 0. The number of nitrogens with zero attached hydrogens (tertiary/aromatic N) is 3. The summed E-state index contributed by atoms with van der Waals surface area (Å²) in [7, 11) is -3.42. The molecular formula is C4H9N3O3S. The molecule has 0 aliphatic rings. The number of hydrogen-bond acceptors (Lipinski definition) is 4. The molecule has 0 fully saturated rings. The van der Waals surface area contributed by atoms with E-state index in [0.717, 1.165) is 6.26 Å².